The Labute approximate surface area is 240 Å². The van der Waals surface area contributed by atoms with Crippen molar-refractivity contribution in [1.29, 1.82) is 0 Å². The highest BCUT2D eigenvalue weighted by molar-refractivity contribution is 7.96. The van der Waals surface area contributed by atoms with Gasteiger partial charge < -0.3 is 14.7 Å². The van der Waals surface area contributed by atoms with E-state index in [1.807, 2.05) is 128 Å². The lowest BCUT2D eigenvalue weighted by Crippen LogP contribution is -2.66. The Morgan fingerprint density at radius 3 is 1.61 bits per heavy atom. The van der Waals surface area contributed by atoms with Crippen molar-refractivity contribution in [3.05, 3.63) is 127 Å². The number of benzene rings is 4. The molecule has 1 N–H and O–H groups in total. The average molecular weight is 566 g/mol. The van der Waals surface area contributed by atoms with Crippen LogP contribution in [0.2, 0.25) is 0 Å². The second kappa shape index (κ2) is 12.4. The summed E-state index contributed by atoms with van der Waals surface area (Å²) in [4.78, 5) is 41.9. The van der Waals surface area contributed by atoms with E-state index in [9.17, 15) is 19.5 Å². The molecular weight excluding hydrogens is 533 g/mol. The molecule has 0 radical (unpaired) electrons. The molecule has 0 bridgehead atoms. The van der Waals surface area contributed by atoms with Crippen LogP contribution in [-0.2, 0) is 25.7 Å². The number of ether oxygens (including phenoxy) is 1. The van der Waals surface area contributed by atoms with Crippen LogP contribution < -0.4 is 15.9 Å². The molecule has 4 aromatic rings. The molecule has 1 fully saturated rings. The molecule has 0 aliphatic carbocycles. The summed E-state index contributed by atoms with van der Waals surface area (Å²) in [5.74, 6) is -2.40. The number of hydrogen-bond donors (Lipinski definition) is 1. The number of aliphatic carboxylic acids is 1. The van der Waals surface area contributed by atoms with Gasteiger partial charge in [-0.05, 0) is 27.9 Å². The summed E-state index contributed by atoms with van der Waals surface area (Å²) >= 11 is 0. The van der Waals surface area contributed by atoms with E-state index in [2.05, 4.69) is 0 Å². The Hall–Kier alpha value is -4.41. The SMILES string of the molecule is CCC1C(=O)N(C(C(=O)OCc2ccccc2)=P(c2ccccc2)(c2ccccc2)c2ccccc2)C1CC(=O)O. The van der Waals surface area contributed by atoms with E-state index >= 15 is 0 Å². The maximum Gasteiger partial charge on any atom is 0.356 e. The third-order valence-electron chi connectivity index (χ3n) is 7.55. The molecule has 41 heavy (non-hydrogen) atoms. The number of esters is 1. The number of nitrogens with zero attached hydrogens (tertiary/aromatic N) is 1. The smallest absolute Gasteiger partial charge is 0.356 e. The third kappa shape index (κ3) is 5.36. The van der Waals surface area contributed by atoms with Gasteiger partial charge in [-0.15, -0.1) is 0 Å². The summed E-state index contributed by atoms with van der Waals surface area (Å²) in [7, 11) is 0. The Morgan fingerprint density at radius 2 is 1.20 bits per heavy atom. The van der Waals surface area contributed by atoms with Crippen molar-refractivity contribution in [2.24, 2.45) is 5.92 Å². The van der Waals surface area contributed by atoms with Gasteiger partial charge in [-0.3, -0.25) is 9.59 Å². The lowest BCUT2D eigenvalue weighted by atomic mass is 9.83. The Bertz CT molecular complexity index is 1470. The first-order chi connectivity index (χ1) is 20.0. The molecule has 1 aliphatic rings. The van der Waals surface area contributed by atoms with Gasteiger partial charge in [0.1, 0.15) is 12.0 Å². The van der Waals surface area contributed by atoms with Gasteiger partial charge in [0.2, 0.25) is 5.91 Å². The molecule has 2 atom stereocenters. The fourth-order valence-electron chi connectivity index (χ4n) is 5.68. The van der Waals surface area contributed by atoms with Gasteiger partial charge in [-0.1, -0.05) is 128 Å². The molecule has 1 heterocycles. The van der Waals surface area contributed by atoms with Crippen molar-refractivity contribution >= 4 is 46.1 Å². The van der Waals surface area contributed by atoms with Crippen LogP contribution in [0.15, 0.2) is 121 Å². The highest BCUT2D eigenvalue weighted by Crippen LogP contribution is 2.49. The Kier molecular flexibility index (Phi) is 8.51. The van der Waals surface area contributed by atoms with Gasteiger partial charge in [0, 0.05) is 6.89 Å². The number of amides is 1. The Morgan fingerprint density at radius 1 is 0.756 bits per heavy atom. The van der Waals surface area contributed by atoms with Crippen LogP contribution in [-0.4, -0.2) is 39.3 Å². The van der Waals surface area contributed by atoms with Gasteiger partial charge in [0.25, 0.3) is 0 Å². The van der Waals surface area contributed by atoms with Crippen LogP contribution >= 0.6 is 6.89 Å². The quantitative estimate of drug-likeness (QED) is 0.173. The summed E-state index contributed by atoms with van der Waals surface area (Å²) in [6.07, 6.45) is 0.213. The van der Waals surface area contributed by atoms with Gasteiger partial charge in [0.05, 0.1) is 18.4 Å². The molecule has 4 aromatic carbocycles. The van der Waals surface area contributed by atoms with Crippen molar-refractivity contribution < 1.29 is 24.2 Å². The van der Waals surface area contributed by atoms with Crippen molar-refractivity contribution in [3.8, 4) is 0 Å². The normalized spacial score (nSPS) is 16.5. The molecule has 5 rings (SSSR count). The number of hydrogen-bond acceptors (Lipinski definition) is 4. The minimum atomic E-state index is -3.06. The van der Waals surface area contributed by atoms with Gasteiger partial charge in [-0.2, -0.15) is 0 Å². The summed E-state index contributed by atoms with van der Waals surface area (Å²) in [6, 6.07) is 37.8. The van der Waals surface area contributed by atoms with Crippen LogP contribution in [0.1, 0.15) is 25.3 Å². The lowest BCUT2D eigenvalue weighted by molar-refractivity contribution is -0.155. The van der Waals surface area contributed by atoms with Crippen LogP contribution in [0.5, 0.6) is 0 Å². The first-order valence-corrected chi connectivity index (χ1v) is 15.5. The maximum atomic E-state index is 14.5. The van der Waals surface area contributed by atoms with Gasteiger partial charge in [-0.25, -0.2) is 4.79 Å². The van der Waals surface area contributed by atoms with Crippen LogP contribution in [0.25, 0.3) is 0 Å². The number of β-lactam (4-membered cyclic amide) rings is 1. The Balaban J connectivity index is 1.87. The molecular formula is C34H32NO5P. The molecule has 1 amide bonds. The summed E-state index contributed by atoms with van der Waals surface area (Å²) in [6.45, 7) is -1.17. The number of likely N-dealkylation sites (tertiary alicyclic amines) is 1. The molecule has 1 aliphatic heterocycles. The monoisotopic (exact) mass is 565 g/mol. The zero-order chi connectivity index (χ0) is 28.8. The molecule has 1 saturated heterocycles. The first kappa shape index (κ1) is 28.1. The van der Waals surface area contributed by atoms with E-state index in [-0.39, 0.29) is 24.4 Å². The number of carboxylic acids is 1. The lowest BCUT2D eigenvalue weighted by Gasteiger charge is -2.49. The predicted octanol–water partition coefficient (Wildman–Crippen LogP) is 4.57. The van der Waals surface area contributed by atoms with E-state index in [0.717, 1.165) is 21.5 Å². The summed E-state index contributed by atoms with van der Waals surface area (Å²) in [5, 5.41) is 12.4. The van der Waals surface area contributed by atoms with Crippen LogP contribution in [0, 0.1) is 5.92 Å². The predicted molar refractivity (Wildman–Crippen MR) is 163 cm³/mol. The van der Waals surface area contributed by atoms with E-state index < -0.39 is 30.8 Å². The fraction of sp³-hybridized carbons (Fsp3) is 0.176. The highest BCUT2D eigenvalue weighted by atomic mass is 31.2. The standard InChI is InChI=1S/C34H32NO5P/c1-2-29-30(23-31(36)37)35(32(29)38)33(34(39)40-24-25-15-7-3-8-16-25)41(26-17-9-4-10-18-26,27-19-11-5-12-20-27)28-21-13-6-14-22-28/h3-22,29-30H,2,23-24H2,1H3,(H,36,37). The largest absolute Gasteiger partial charge is 0.481 e. The summed E-state index contributed by atoms with van der Waals surface area (Å²) < 4.78 is 6.00. The molecule has 208 valence electrons. The minimum Gasteiger partial charge on any atom is -0.481 e. The molecule has 2 unspecified atom stereocenters. The highest BCUT2D eigenvalue weighted by Gasteiger charge is 2.53. The topological polar surface area (TPSA) is 83.9 Å². The first-order valence-electron chi connectivity index (χ1n) is 13.7. The number of carbonyl (C=O) groups excluding carboxylic acids is 2. The number of rotatable bonds is 10. The van der Waals surface area contributed by atoms with Gasteiger partial charge >= 0.3 is 11.9 Å². The van der Waals surface area contributed by atoms with Gasteiger partial charge in [0.15, 0.2) is 0 Å². The molecule has 0 saturated carbocycles. The average Bonchev–Trinajstić information content (AvgIpc) is 3.01. The number of carbonyl (C=O) groups is 3. The molecule has 6 nitrogen and oxygen atoms in total. The summed E-state index contributed by atoms with van der Waals surface area (Å²) in [5.41, 5.74) is 1.02. The van der Waals surface area contributed by atoms with Crippen molar-refractivity contribution in [2.75, 3.05) is 0 Å². The maximum absolute atomic E-state index is 14.5. The second-order valence-corrected chi connectivity index (χ2v) is 13.3. The van der Waals surface area contributed by atoms with E-state index in [1.165, 1.54) is 4.90 Å². The van der Waals surface area contributed by atoms with Crippen LogP contribution in [0.3, 0.4) is 0 Å². The zero-order valence-electron chi connectivity index (χ0n) is 22.8. The minimum absolute atomic E-state index is 0.0182. The number of carboxylic acid groups (broad SMARTS) is 1. The third-order valence-corrected chi connectivity index (χ3v) is 11.8. The second-order valence-electron chi connectivity index (χ2n) is 9.95. The van der Waals surface area contributed by atoms with E-state index in [1.54, 1.807) is 0 Å². The van der Waals surface area contributed by atoms with Crippen LogP contribution in [0.4, 0.5) is 0 Å². The molecule has 7 heteroatoms. The van der Waals surface area contributed by atoms with Crippen molar-refractivity contribution in [1.82, 2.24) is 4.90 Å². The zero-order valence-corrected chi connectivity index (χ0v) is 23.7. The van der Waals surface area contributed by atoms with Crippen molar-refractivity contribution in [3.63, 3.8) is 0 Å². The molecule has 0 spiro atoms. The molecule has 0 aromatic heterocycles. The van der Waals surface area contributed by atoms with E-state index in [0.29, 0.717) is 6.42 Å². The van der Waals surface area contributed by atoms with Crippen molar-refractivity contribution in [2.45, 2.75) is 32.4 Å². The fourth-order valence-corrected chi connectivity index (χ4v) is 10.1. The van der Waals surface area contributed by atoms with E-state index in [4.69, 9.17) is 4.74 Å².